The molecule has 1 fully saturated rings. The Bertz CT molecular complexity index is 600. The number of nitrogens with zero attached hydrogens (tertiary/aromatic N) is 2. The molecule has 0 aromatic carbocycles. The van der Waals surface area contributed by atoms with E-state index in [1.54, 1.807) is 7.11 Å². The zero-order chi connectivity index (χ0) is 14.9. The molecule has 2 heterocycles. The van der Waals surface area contributed by atoms with Gasteiger partial charge < -0.3 is 15.0 Å². The SMILES string of the molecule is CCC1CCC(N)(c2noc(-c3cc(OC)cs3)n2)CC1. The Labute approximate surface area is 128 Å². The Morgan fingerprint density at radius 2 is 2.24 bits per heavy atom. The zero-order valence-corrected chi connectivity index (χ0v) is 13.3. The van der Waals surface area contributed by atoms with Gasteiger partial charge in [-0.15, -0.1) is 11.3 Å². The van der Waals surface area contributed by atoms with Crippen LogP contribution < -0.4 is 10.5 Å². The van der Waals surface area contributed by atoms with Gasteiger partial charge in [-0.3, -0.25) is 0 Å². The predicted octanol–water partition coefficient (Wildman–Crippen LogP) is 3.56. The van der Waals surface area contributed by atoms with Crippen LogP contribution in [-0.2, 0) is 5.54 Å². The Hall–Kier alpha value is -1.40. The van der Waals surface area contributed by atoms with Crippen LogP contribution in [-0.4, -0.2) is 17.3 Å². The molecule has 0 radical (unpaired) electrons. The standard InChI is InChI=1S/C15H21N3O2S/c1-3-10-4-6-15(16,7-5-10)14-17-13(20-18-14)12-8-11(19-2)9-21-12/h8-10H,3-7,16H2,1-2H3. The summed E-state index contributed by atoms with van der Waals surface area (Å²) in [6, 6.07) is 1.90. The first-order chi connectivity index (χ1) is 10.1. The van der Waals surface area contributed by atoms with Gasteiger partial charge in [-0.25, -0.2) is 0 Å². The highest BCUT2D eigenvalue weighted by atomic mass is 32.1. The summed E-state index contributed by atoms with van der Waals surface area (Å²) in [7, 11) is 1.64. The van der Waals surface area contributed by atoms with Gasteiger partial charge >= 0.3 is 0 Å². The monoisotopic (exact) mass is 307 g/mol. The molecule has 0 saturated heterocycles. The number of aromatic nitrogens is 2. The van der Waals surface area contributed by atoms with Gasteiger partial charge in [-0.05, 0) is 31.6 Å². The minimum absolute atomic E-state index is 0.436. The molecule has 114 valence electrons. The molecule has 1 saturated carbocycles. The molecule has 0 aliphatic heterocycles. The zero-order valence-electron chi connectivity index (χ0n) is 12.5. The number of hydrogen-bond donors (Lipinski definition) is 1. The first-order valence-corrected chi connectivity index (χ1v) is 8.28. The van der Waals surface area contributed by atoms with E-state index in [9.17, 15) is 0 Å². The predicted molar refractivity (Wildman–Crippen MR) is 82.3 cm³/mol. The maximum atomic E-state index is 6.51. The van der Waals surface area contributed by atoms with E-state index in [0.717, 1.165) is 42.2 Å². The van der Waals surface area contributed by atoms with Crippen LogP contribution in [0.25, 0.3) is 10.8 Å². The summed E-state index contributed by atoms with van der Waals surface area (Å²) in [4.78, 5) is 5.44. The van der Waals surface area contributed by atoms with Crippen molar-refractivity contribution in [2.45, 2.75) is 44.6 Å². The first kappa shape index (κ1) is 14.5. The van der Waals surface area contributed by atoms with Crippen LogP contribution >= 0.6 is 11.3 Å². The minimum atomic E-state index is -0.436. The molecule has 0 unspecified atom stereocenters. The molecule has 2 aromatic rings. The third kappa shape index (κ3) is 2.82. The fourth-order valence-corrected chi connectivity index (χ4v) is 3.66. The van der Waals surface area contributed by atoms with E-state index in [1.165, 1.54) is 17.8 Å². The third-order valence-corrected chi connectivity index (χ3v) is 5.36. The molecule has 0 amide bonds. The normalized spacial score (nSPS) is 26.0. The highest BCUT2D eigenvalue weighted by molar-refractivity contribution is 7.13. The number of rotatable bonds is 4. The maximum absolute atomic E-state index is 6.51. The van der Waals surface area contributed by atoms with Crippen molar-refractivity contribution < 1.29 is 9.26 Å². The van der Waals surface area contributed by atoms with E-state index in [0.29, 0.717) is 11.7 Å². The molecule has 0 spiro atoms. The van der Waals surface area contributed by atoms with Gasteiger partial charge in [0, 0.05) is 11.4 Å². The van der Waals surface area contributed by atoms with Crippen molar-refractivity contribution in [2.75, 3.05) is 7.11 Å². The van der Waals surface area contributed by atoms with Crippen LogP contribution in [0, 0.1) is 5.92 Å². The van der Waals surface area contributed by atoms with Gasteiger partial charge in [0.05, 0.1) is 17.5 Å². The largest absolute Gasteiger partial charge is 0.496 e. The molecule has 0 bridgehead atoms. The van der Waals surface area contributed by atoms with E-state index >= 15 is 0 Å². The average Bonchev–Trinajstić information content (AvgIpc) is 3.17. The number of ether oxygens (including phenoxy) is 1. The first-order valence-electron chi connectivity index (χ1n) is 7.40. The van der Waals surface area contributed by atoms with Crippen molar-refractivity contribution in [2.24, 2.45) is 11.7 Å². The van der Waals surface area contributed by atoms with Crippen molar-refractivity contribution in [1.29, 1.82) is 0 Å². The Morgan fingerprint density at radius 3 is 2.86 bits per heavy atom. The Balaban J connectivity index is 1.78. The van der Waals surface area contributed by atoms with Gasteiger partial charge in [0.25, 0.3) is 5.89 Å². The second-order valence-electron chi connectivity index (χ2n) is 5.78. The second kappa shape index (κ2) is 5.77. The molecule has 3 rings (SSSR count). The van der Waals surface area contributed by atoms with Crippen molar-refractivity contribution in [3.8, 4) is 16.5 Å². The topological polar surface area (TPSA) is 74.2 Å². The summed E-state index contributed by atoms with van der Waals surface area (Å²) in [6.07, 6.45) is 5.37. The molecule has 2 N–H and O–H groups in total. The number of hydrogen-bond acceptors (Lipinski definition) is 6. The van der Waals surface area contributed by atoms with Gasteiger partial charge in [0.2, 0.25) is 0 Å². The molecular weight excluding hydrogens is 286 g/mol. The molecule has 0 atom stereocenters. The van der Waals surface area contributed by atoms with Gasteiger partial charge in [-0.1, -0.05) is 18.5 Å². The second-order valence-corrected chi connectivity index (χ2v) is 6.69. The van der Waals surface area contributed by atoms with E-state index in [1.807, 2.05) is 11.4 Å². The third-order valence-electron chi connectivity index (χ3n) is 4.47. The highest BCUT2D eigenvalue weighted by Gasteiger charge is 2.37. The van der Waals surface area contributed by atoms with Gasteiger partial charge in [0.1, 0.15) is 5.75 Å². The van der Waals surface area contributed by atoms with Crippen LogP contribution in [0.5, 0.6) is 5.75 Å². The van der Waals surface area contributed by atoms with Crippen LogP contribution in [0.1, 0.15) is 44.9 Å². The smallest absolute Gasteiger partial charge is 0.268 e. The summed E-state index contributed by atoms with van der Waals surface area (Å²) in [5.41, 5.74) is 6.08. The van der Waals surface area contributed by atoms with Gasteiger partial charge in [-0.2, -0.15) is 4.98 Å². The van der Waals surface area contributed by atoms with Crippen molar-refractivity contribution >= 4 is 11.3 Å². The quantitative estimate of drug-likeness (QED) is 0.934. The number of methoxy groups -OCH3 is 1. The molecule has 1 aliphatic carbocycles. The maximum Gasteiger partial charge on any atom is 0.268 e. The molecule has 6 heteroatoms. The molecule has 5 nitrogen and oxygen atoms in total. The Kier molecular flexibility index (Phi) is 3.99. The van der Waals surface area contributed by atoms with E-state index in [2.05, 4.69) is 17.1 Å². The summed E-state index contributed by atoms with van der Waals surface area (Å²) in [5, 5.41) is 6.05. The van der Waals surface area contributed by atoms with Crippen LogP contribution in [0.2, 0.25) is 0 Å². The molecular formula is C15H21N3O2S. The lowest BCUT2D eigenvalue weighted by molar-refractivity contribution is 0.216. The fraction of sp³-hybridized carbons (Fsp3) is 0.600. The summed E-state index contributed by atoms with van der Waals surface area (Å²) in [5.74, 6) is 2.76. The summed E-state index contributed by atoms with van der Waals surface area (Å²) in [6.45, 7) is 2.24. The molecule has 2 aromatic heterocycles. The van der Waals surface area contributed by atoms with Crippen molar-refractivity contribution in [1.82, 2.24) is 10.1 Å². The number of thiophene rings is 1. The lowest BCUT2D eigenvalue weighted by Crippen LogP contribution is -2.41. The minimum Gasteiger partial charge on any atom is -0.496 e. The summed E-state index contributed by atoms with van der Waals surface area (Å²) < 4.78 is 10.6. The van der Waals surface area contributed by atoms with Crippen LogP contribution in [0.3, 0.4) is 0 Å². The van der Waals surface area contributed by atoms with Gasteiger partial charge in [0.15, 0.2) is 5.82 Å². The van der Waals surface area contributed by atoms with Crippen molar-refractivity contribution in [3.05, 3.63) is 17.3 Å². The van der Waals surface area contributed by atoms with E-state index < -0.39 is 5.54 Å². The Morgan fingerprint density at radius 1 is 1.48 bits per heavy atom. The van der Waals surface area contributed by atoms with Crippen molar-refractivity contribution in [3.63, 3.8) is 0 Å². The van der Waals surface area contributed by atoms with E-state index in [4.69, 9.17) is 15.0 Å². The van der Waals surface area contributed by atoms with E-state index in [-0.39, 0.29) is 0 Å². The molecule has 1 aliphatic rings. The average molecular weight is 307 g/mol. The van der Waals surface area contributed by atoms with Crippen LogP contribution in [0.4, 0.5) is 0 Å². The van der Waals surface area contributed by atoms with Crippen LogP contribution in [0.15, 0.2) is 16.0 Å². The fourth-order valence-electron chi connectivity index (χ4n) is 2.89. The lowest BCUT2D eigenvalue weighted by Gasteiger charge is -2.34. The highest BCUT2D eigenvalue weighted by Crippen LogP contribution is 2.38. The number of nitrogens with two attached hydrogens (primary N) is 1. The lowest BCUT2D eigenvalue weighted by atomic mass is 9.76. The summed E-state index contributed by atoms with van der Waals surface area (Å²) >= 11 is 1.53. The molecule has 21 heavy (non-hydrogen) atoms.